The molecule has 0 rings (SSSR count). The third-order valence-electron chi connectivity index (χ3n) is 0.813. The van der Waals surface area contributed by atoms with E-state index in [1.807, 2.05) is 27.7 Å². The number of nitrogens with two attached hydrogens (primary N) is 1. The van der Waals surface area contributed by atoms with Crippen LogP contribution >= 0.6 is 0 Å². The average Bonchev–Trinajstić information content (AvgIpc) is 1.58. The van der Waals surface area contributed by atoms with E-state index in [-0.39, 0.29) is 12.2 Å². The molecule has 0 aromatic carbocycles. The van der Waals surface area contributed by atoms with Crippen molar-refractivity contribution in [1.29, 1.82) is 0 Å². The predicted octanol–water partition coefficient (Wildman–Crippen LogP) is 0.780. The minimum Gasteiger partial charge on any atom is -0.395 e. The van der Waals surface area contributed by atoms with Gasteiger partial charge in [-0.2, -0.15) is 0 Å². The summed E-state index contributed by atoms with van der Waals surface area (Å²) in [5.41, 5.74) is 5.43. The van der Waals surface area contributed by atoms with Gasteiger partial charge in [0, 0.05) is 12.2 Å². The van der Waals surface area contributed by atoms with E-state index in [0.717, 1.165) is 0 Å². The summed E-state index contributed by atoms with van der Waals surface area (Å²) in [4.78, 5) is 0. The maximum Gasteiger partial charge on any atom is 0.552 e. The Morgan fingerprint density at radius 3 is 1.50 bits per heavy atom. The largest absolute Gasteiger partial charge is 0.552 e. The van der Waals surface area contributed by atoms with Crippen LogP contribution in [0.2, 0.25) is 0 Å². The summed E-state index contributed by atoms with van der Waals surface area (Å²) in [6, 6.07) is 0. The molecule has 0 aliphatic carbocycles. The van der Waals surface area contributed by atoms with Crippen molar-refractivity contribution in [1.82, 2.24) is 0 Å². The fourth-order valence-electron chi connectivity index (χ4n) is 0.569. The molecule has 0 heterocycles. The summed E-state index contributed by atoms with van der Waals surface area (Å²) in [7, 11) is -0.583. The average molecular weight is 145 g/mol. The van der Waals surface area contributed by atoms with E-state index in [4.69, 9.17) is 15.0 Å². The fourth-order valence-corrected chi connectivity index (χ4v) is 0.569. The lowest BCUT2D eigenvalue weighted by Crippen LogP contribution is -2.38. The zero-order chi connectivity index (χ0) is 8.15. The molecule has 0 amide bonds. The van der Waals surface area contributed by atoms with Crippen molar-refractivity contribution in [2.45, 2.75) is 39.9 Å². The van der Waals surface area contributed by atoms with Crippen LogP contribution in [0.4, 0.5) is 0 Å². The first-order valence-corrected chi connectivity index (χ1v) is 3.59. The van der Waals surface area contributed by atoms with Crippen molar-refractivity contribution >= 4 is 7.25 Å². The van der Waals surface area contributed by atoms with Crippen LogP contribution < -0.4 is 5.64 Å². The van der Waals surface area contributed by atoms with Gasteiger partial charge in [0.1, 0.15) is 0 Å². The zero-order valence-corrected chi connectivity index (χ0v) is 7.13. The van der Waals surface area contributed by atoms with Gasteiger partial charge in [0.2, 0.25) is 0 Å². The molecule has 0 saturated heterocycles. The van der Waals surface area contributed by atoms with Crippen molar-refractivity contribution in [3.63, 3.8) is 0 Å². The van der Waals surface area contributed by atoms with E-state index in [0.29, 0.717) is 0 Å². The number of hydrogen-bond donors (Lipinski definition) is 1. The SMILES string of the molecule is CC(C)OB(N)OC(C)C. The third-order valence-corrected chi connectivity index (χ3v) is 0.813. The van der Waals surface area contributed by atoms with Crippen LogP contribution in [0.5, 0.6) is 0 Å². The smallest absolute Gasteiger partial charge is 0.395 e. The minimum absolute atomic E-state index is 0.119. The Bertz CT molecular complexity index is 77.8. The van der Waals surface area contributed by atoms with E-state index in [1.54, 1.807) is 0 Å². The van der Waals surface area contributed by atoms with Crippen molar-refractivity contribution in [3.8, 4) is 0 Å². The van der Waals surface area contributed by atoms with E-state index in [2.05, 4.69) is 0 Å². The van der Waals surface area contributed by atoms with Gasteiger partial charge in [-0.05, 0) is 27.7 Å². The van der Waals surface area contributed by atoms with Crippen molar-refractivity contribution < 1.29 is 9.31 Å². The van der Waals surface area contributed by atoms with Crippen molar-refractivity contribution in [3.05, 3.63) is 0 Å². The van der Waals surface area contributed by atoms with Gasteiger partial charge >= 0.3 is 7.25 Å². The maximum atomic E-state index is 5.43. The standard InChI is InChI=1S/C6H16BNO2/c1-5(2)9-7(8)10-6(3)4/h5-6H,8H2,1-4H3. The Hall–Kier alpha value is -0.0551. The molecule has 60 valence electrons. The van der Waals surface area contributed by atoms with Crippen LogP contribution in [0.3, 0.4) is 0 Å². The van der Waals surface area contributed by atoms with E-state index >= 15 is 0 Å². The van der Waals surface area contributed by atoms with Crippen LogP contribution in [-0.2, 0) is 9.31 Å². The first-order valence-electron chi connectivity index (χ1n) is 3.59. The lowest BCUT2D eigenvalue weighted by molar-refractivity contribution is 0.130. The third kappa shape index (κ3) is 6.07. The molecular weight excluding hydrogens is 129 g/mol. The zero-order valence-electron chi connectivity index (χ0n) is 7.13. The van der Waals surface area contributed by atoms with Gasteiger partial charge in [-0.3, -0.25) is 0 Å². The summed E-state index contributed by atoms with van der Waals surface area (Å²) in [5.74, 6) is 0. The quantitative estimate of drug-likeness (QED) is 0.594. The second-order valence-corrected chi connectivity index (χ2v) is 2.74. The molecule has 0 aromatic heterocycles. The van der Waals surface area contributed by atoms with Gasteiger partial charge in [-0.1, -0.05) is 0 Å². The molecule has 0 aliphatic heterocycles. The molecule has 2 N–H and O–H groups in total. The Kier molecular flexibility index (Phi) is 4.69. The molecule has 0 unspecified atom stereocenters. The first-order chi connectivity index (χ1) is 4.52. The lowest BCUT2D eigenvalue weighted by atomic mass is 10.1. The summed E-state index contributed by atoms with van der Waals surface area (Å²) in [6.07, 6.45) is 0.238. The Morgan fingerprint density at radius 2 is 1.30 bits per heavy atom. The highest BCUT2D eigenvalue weighted by molar-refractivity contribution is 6.40. The lowest BCUT2D eigenvalue weighted by Gasteiger charge is -2.14. The Balaban J connectivity index is 3.34. The van der Waals surface area contributed by atoms with E-state index in [1.165, 1.54) is 0 Å². The summed E-state index contributed by atoms with van der Waals surface area (Å²) in [5, 5.41) is 0. The summed E-state index contributed by atoms with van der Waals surface area (Å²) < 4.78 is 10.2. The van der Waals surface area contributed by atoms with Crippen molar-refractivity contribution in [2.75, 3.05) is 0 Å². The Morgan fingerprint density at radius 1 is 1.00 bits per heavy atom. The van der Waals surface area contributed by atoms with Gasteiger partial charge in [0.15, 0.2) is 0 Å². The predicted molar refractivity (Wildman–Crippen MR) is 42.4 cm³/mol. The highest BCUT2D eigenvalue weighted by Crippen LogP contribution is 1.94. The number of hydrogen-bond acceptors (Lipinski definition) is 3. The molecule has 0 saturated carbocycles. The summed E-state index contributed by atoms with van der Waals surface area (Å²) >= 11 is 0. The van der Waals surface area contributed by atoms with Gasteiger partial charge in [0.05, 0.1) is 0 Å². The van der Waals surface area contributed by atoms with Crippen LogP contribution in [0.25, 0.3) is 0 Å². The summed E-state index contributed by atoms with van der Waals surface area (Å²) in [6.45, 7) is 7.68. The molecule has 3 nitrogen and oxygen atoms in total. The normalized spacial score (nSPS) is 11.1. The topological polar surface area (TPSA) is 44.5 Å². The fraction of sp³-hybridized carbons (Fsp3) is 1.00. The molecule has 0 bridgehead atoms. The van der Waals surface area contributed by atoms with Gasteiger partial charge in [-0.15, -0.1) is 0 Å². The first kappa shape index (κ1) is 9.94. The highest BCUT2D eigenvalue weighted by atomic mass is 16.6. The molecule has 0 atom stereocenters. The van der Waals surface area contributed by atoms with Crippen LogP contribution in [-0.4, -0.2) is 19.5 Å². The second-order valence-electron chi connectivity index (χ2n) is 2.74. The molecule has 0 spiro atoms. The van der Waals surface area contributed by atoms with Gasteiger partial charge < -0.3 is 15.0 Å². The van der Waals surface area contributed by atoms with Gasteiger partial charge in [-0.25, -0.2) is 0 Å². The Labute approximate surface area is 63.0 Å². The van der Waals surface area contributed by atoms with Crippen LogP contribution in [0.15, 0.2) is 0 Å². The van der Waals surface area contributed by atoms with Gasteiger partial charge in [0.25, 0.3) is 0 Å². The van der Waals surface area contributed by atoms with E-state index in [9.17, 15) is 0 Å². The molecule has 0 fully saturated rings. The van der Waals surface area contributed by atoms with Crippen molar-refractivity contribution in [2.24, 2.45) is 5.64 Å². The highest BCUT2D eigenvalue weighted by Gasteiger charge is 2.15. The minimum atomic E-state index is -0.583. The van der Waals surface area contributed by atoms with Crippen LogP contribution in [0.1, 0.15) is 27.7 Å². The second kappa shape index (κ2) is 4.71. The molecule has 10 heavy (non-hydrogen) atoms. The number of rotatable bonds is 4. The van der Waals surface area contributed by atoms with Crippen LogP contribution in [0, 0.1) is 0 Å². The molecule has 0 aromatic rings. The monoisotopic (exact) mass is 145 g/mol. The molecule has 0 radical (unpaired) electrons. The van der Waals surface area contributed by atoms with E-state index < -0.39 is 7.25 Å². The maximum absolute atomic E-state index is 5.43. The molecule has 4 heteroatoms. The molecule has 0 aliphatic rings. The molecular formula is C6H16BNO2.